The predicted octanol–water partition coefficient (Wildman–Crippen LogP) is 3.64. The molecule has 0 aliphatic heterocycles. The van der Waals surface area contributed by atoms with Crippen molar-refractivity contribution in [1.29, 1.82) is 5.26 Å². The Hall–Kier alpha value is -2.98. The van der Waals surface area contributed by atoms with Crippen LogP contribution < -0.4 is 20.1 Å². The van der Waals surface area contributed by atoms with Gasteiger partial charge in [0.1, 0.15) is 11.6 Å². The zero-order valence-electron chi connectivity index (χ0n) is 15.1. The Morgan fingerprint density at radius 1 is 1.19 bits per heavy atom. The summed E-state index contributed by atoms with van der Waals surface area (Å²) >= 11 is 3.40. The second-order valence-electron chi connectivity index (χ2n) is 5.49. The number of ether oxygens (including phenoxy) is 2. The lowest BCUT2D eigenvalue weighted by atomic mass is 10.1. The molecule has 0 saturated carbocycles. The summed E-state index contributed by atoms with van der Waals surface area (Å²) in [4.78, 5) is 12.2. The average Bonchev–Trinajstić information content (AvgIpc) is 2.69. The van der Waals surface area contributed by atoms with Gasteiger partial charge in [-0.15, -0.1) is 0 Å². The maximum absolute atomic E-state index is 12.2. The molecule has 0 unspecified atom stereocenters. The molecule has 0 atom stereocenters. The molecule has 0 aliphatic carbocycles. The molecule has 2 aromatic carbocycles. The van der Waals surface area contributed by atoms with Crippen LogP contribution in [0.3, 0.4) is 0 Å². The Labute approximate surface area is 166 Å². The molecular formula is C20H20BrN3O3. The number of methoxy groups -OCH3 is 2. The molecule has 0 spiro atoms. The number of carbonyl (C=O) groups is 1. The van der Waals surface area contributed by atoms with Gasteiger partial charge in [0.2, 0.25) is 0 Å². The van der Waals surface area contributed by atoms with Gasteiger partial charge in [0.05, 0.1) is 19.9 Å². The fraction of sp³-hybridized carbons (Fsp3) is 0.200. The van der Waals surface area contributed by atoms with Crippen LogP contribution >= 0.6 is 15.9 Å². The molecule has 0 aromatic heterocycles. The van der Waals surface area contributed by atoms with E-state index in [1.807, 2.05) is 48.5 Å². The van der Waals surface area contributed by atoms with Gasteiger partial charge in [-0.2, -0.15) is 5.26 Å². The van der Waals surface area contributed by atoms with Crippen LogP contribution in [0.4, 0.5) is 5.69 Å². The Kier molecular flexibility index (Phi) is 7.71. The number of carbonyl (C=O) groups excluding carboxylic acids is 1. The zero-order valence-corrected chi connectivity index (χ0v) is 16.7. The van der Waals surface area contributed by atoms with Crippen molar-refractivity contribution < 1.29 is 14.3 Å². The van der Waals surface area contributed by atoms with Crippen LogP contribution in [0.25, 0.3) is 0 Å². The summed E-state index contributed by atoms with van der Waals surface area (Å²) < 4.78 is 11.3. The van der Waals surface area contributed by atoms with Crippen molar-refractivity contribution in [2.45, 2.75) is 6.42 Å². The van der Waals surface area contributed by atoms with Gasteiger partial charge in [-0.05, 0) is 52.2 Å². The molecule has 0 radical (unpaired) electrons. The van der Waals surface area contributed by atoms with Crippen LogP contribution in [0.1, 0.15) is 5.56 Å². The topological polar surface area (TPSA) is 83.4 Å². The summed E-state index contributed by atoms with van der Waals surface area (Å²) in [5, 5.41) is 14.9. The molecule has 140 valence electrons. The first-order valence-electron chi connectivity index (χ1n) is 8.19. The van der Waals surface area contributed by atoms with Crippen LogP contribution in [-0.4, -0.2) is 26.7 Å². The molecule has 2 rings (SSSR count). The highest BCUT2D eigenvalue weighted by molar-refractivity contribution is 9.10. The van der Waals surface area contributed by atoms with E-state index in [0.29, 0.717) is 24.5 Å². The summed E-state index contributed by atoms with van der Waals surface area (Å²) in [7, 11) is 3.15. The van der Waals surface area contributed by atoms with E-state index < -0.39 is 5.91 Å². The summed E-state index contributed by atoms with van der Waals surface area (Å²) in [6.45, 7) is 0.391. The van der Waals surface area contributed by atoms with Crippen molar-refractivity contribution in [3.8, 4) is 17.6 Å². The molecule has 2 N–H and O–H groups in total. The van der Waals surface area contributed by atoms with E-state index in [1.165, 1.54) is 6.20 Å². The Balaban J connectivity index is 1.93. The second-order valence-corrected chi connectivity index (χ2v) is 6.34. The highest BCUT2D eigenvalue weighted by Crippen LogP contribution is 2.27. The van der Waals surface area contributed by atoms with Crippen molar-refractivity contribution in [2.24, 2.45) is 0 Å². The van der Waals surface area contributed by atoms with Crippen molar-refractivity contribution >= 4 is 27.5 Å². The van der Waals surface area contributed by atoms with E-state index >= 15 is 0 Å². The monoisotopic (exact) mass is 429 g/mol. The Morgan fingerprint density at radius 3 is 2.59 bits per heavy atom. The van der Waals surface area contributed by atoms with Crippen molar-refractivity contribution in [3.63, 3.8) is 0 Å². The molecule has 7 heteroatoms. The minimum atomic E-state index is -0.433. The van der Waals surface area contributed by atoms with Gasteiger partial charge in [-0.3, -0.25) is 4.79 Å². The first-order chi connectivity index (χ1) is 13.1. The van der Waals surface area contributed by atoms with E-state index in [4.69, 9.17) is 9.47 Å². The first-order valence-corrected chi connectivity index (χ1v) is 8.98. The lowest BCUT2D eigenvalue weighted by Crippen LogP contribution is -2.27. The van der Waals surface area contributed by atoms with E-state index in [2.05, 4.69) is 26.6 Å². The van der Waals surface area contributed by atoms with E-state index in [9.17, 15) is 10.1 Å². The van der Waals surface area contributed by atoms with Gasteiger partial charge in [0, 0.05) is 17.2 Å². The van der Waals surface area contributed by atoms with Gasteiger partial charge in [-0.25, -0.2) is 0 Å². The van der Waals surface area contributed by atoms with Crippen LogP contribution in [0, 0.1) is 11.3 Å². The van der Waals surface area contributed by atoms with E-state index in [0.717, 1.165) is 15.7 Å². The number of rotatable bonds is 8. The quantitative estimate of drug-likeness (QED) is 0.494. The molecule has 0 aliphatic rings. The van der Waals surface area contributed by atoms with Gasteiger partial charge in [-0.1, -0.05) is 18.2 Å². The molecule has 0 fully saturated rings. The lowest BCUT2D eigenvalue weighted by molar-refractivity contribution is -0.117. The standard InChI is InChI=1S/C20H20BrN3O3/c1-26-18-8-7-14(11-19(18)27-2)9-10-23-20(25)15(12-22)13-24-17-6-4-3-5-16(17)21/h3-8,11,13,24H,9-10H2,1-2H3,(H,23,25)/b15-13-. The van der Waals surface area contributed by atoms with Crippen LogP contribution in [0.5, 0.6) is 11.5 Å². The number of amides is 1. The summed E-state index contributed by atoms with van der Waals surface area (Å²) in [5.74, 6) is 0.854. The SMILES string of the molecule is COc1ccc(CCNC(=O)/C(C#N)=C\Nc2ccccc2Br)cc1OC. The Morgan fingerprint density at radius 2 is 1.93 bits per heavy atom. The van der Waals surface area contributed by atoms with Crippen molar-refractivity contribution in [3.05, 3.63) is 64.3 Å². The largest absolute Gasteiger partial charge is 0.493 e. The molecule has 0 bridgehead atoms. The fourth-order valence-electron chi connectivity index (χ4n) is 2.33. The minimum absolute atomic E-state index is 0.00179. The van der Waals surface area contributed by atoms with Gasteiger partial charge >= 0.3 is 0 Å². The number of hydrogen-bond acceptors (Lipinski definition) is 5. The number of nitrogens with one attached hydrogen (secondary N) is 2. The molecule has 2 aromatic rings. The van der Waals surface area contributed by atoms with Crippen LogP contribution in [0.2, 0.25) is 0 Å². The highest BCUT2D eigenvalue weighted by Gasteiger charge is 2.09. The van der Waals surface area contributed by atoms with E-state index in [1.54, 1.807) is 14.2 Å². The van der Waals surface area contributed by atoms with Crippen molar-refractivity contribution in [1.82, 2.24) is 5.32 Å². The average molecular weight is 430 g/mol. The number of para-hydroxylation sites is 1. The molecule has 0 saturated heterocycles. The lowest BCUT2D eigenvalue weighted by Gasteiger charge is -2.10. The highest BCUT2D eigenvalue weighted by atomic mass is 79.9. The normalized spacial score (nSPS) is 10.7. The molecule has 0 heterocycles. The van der Waals surface area contributed by atoms with Crippen LogP contribution in [-0.2, 0) is 11.2 Å². The number of benzene rings is 2. The first kappa shape index (κ1) is 20.3. The van der Waals surface area contributed by atoms with E-state index in [-0.39, 0.29) is 5.57 Å². The third-order valence-corrected chi connectivity index (χ3v) is 4.45. The number of anilines is 1. The van der Waals surface area contributed by atoms with Gasteiger partial charge < -0.3 is 20.1 Å². The Bertz CT molecular complexity index is 875. The summed E-state index contributed by atoms with van der Waals surface area (Å²) in [5.41, 5.74) is 1.75. The van der Waals surface area contributed by atoms with Crippen LogP contribution in [0.15, 0.2) is 58.7 Å². The number of nitriles is 1. The smallest absolute Gasteiger partial charge is 0.263 e. The molecular weight excluding hydrogens is 410 g/mol. The minimum Gasteiger partial charge on any atom is -0.493 e. The maximum atomic E-state index is 12.2. The predicted molar refractivity (Wildman–Crippen MR) is 108 cm³/mol. The number of hydrogen-bond donors (Lipinski definition) is 2. The number of halogens is 1. The second kappa shape index (κ2) is 10.2. The zero-order chi connectivity index (χ0) is 19.6. The fourth-order valence-corrected chi connectivity index (χ4v) is 2.73. The maximum Gasteiger partial charge on any atom is 0.263 e. The third kappa shape index (κ3) is 5.76. The van der Waals surface area contributed by atoms with Gasteiger partial charge in [0.15, 0.2) is 11.5 Å². The molecule has 27 heavy (non-hydrogen) atoms. The van der Waals surface area contributed by atoms with Gasteiger partial charge in [0.25, 0.3) is 5.91 Å². The molecule has 6 nitrogen and oxygen atoms in total. The molecule has 1 amide bonds. The summed E-state index contributed by atoms with van der Waals surface area (Å²) in [6, 6.07) is 14.9. The summed E-state index contributed by atoms with van der Waals surface area (Å²) in [6.07, 6.45) is 1.99. The van der Waals surface area contributed by atoms with Crippen molar-refractivity contribution in [2.75, 3.05) is 26.1 Å². The third-order valence-electron chi connectivity index (χ3n) is 3.76. The number of nitrogens with zero attached hydrogens (tertiary/aromatic N) is 1.